The molecule has 0 atom stereocenters. The first-order chi connectivity index (χ1) is 6.33. The summed E-state index contributed by atoms with van der Waals surface area (Å²) < 4.78 is 47.8. The van der Waals surface area contributed by atoms with Crippen molar-refractivity contribution >= 4 is 9.84 Å². The van der Waals surface area contributed by atoms with Gasteiger partial charge in [0.05, 0.1) is 10.00 Å². The monoisotopic (exact) mass is 225 g/mol. The lowest BCUT2D eigenvalue weighted by molar-refractivity contribution is -0.0687. The van der Waals surface area contributed by atoms with Gasteiger partial charge in [-0.25, -0.2) is 17.2 Å². The molecule has 0 unspecified atom stereocenters. The normalized spacial score (nSPS) is 29.6. The van der Waals surface area contributed by atoms with Gasteiger partial charge in [-0.3, -0.25) is 0 Å². The lowest BCUT2D eigenvalue weighted by Gasteiger charge is -2.36. The molecule has 3 nitrogen and oxygen atoms in total. The minimum atomic E-state index is -3.42. The Morgan fingerprint density at radius 2 is 1.79 bits per heavy atom. The molecule has 2 saturated carbocycles. The predicted octanol–water partition coefficient (Wildman–Crippen LogP) is 0.690. The van der Waals surface area contributed by atoms with E-state index in [-0.39, 0.29) is 6.54 Å². The Morgan fingerprint density at radius 3 is 2.07 bits per heavy atom. The van der Waals surface area contributed by atoms with E-state index in [4.69, 9.17) is 5.73 Å². The molecule has 0 spiro atoms. The summed E-state index contributed by atoms with van der Waals surface area (Å²) >= 11 is 0. The van der Waals surface area contributed by atoms with Crippen molar-refractivity contribution in [1.82, 2.24) is 0 Å². The molecule has 14 heavy (non-hydrogen) atoms. The fraction of sp³-hybridized carbons (Fsp3) is 1.00. The lowest BCUT2D eigenvalue weighted by Crippen LogP contribution is -2.50. The summed E-state index contributed by atoms with van der Waals surface area (Å²) in [6.45, 7) is 0.0669. The smallest absolute Gasteiger partial charge is 0.250 e. The summed E-state index contributed by atoms with van der Waals surface area (Å²) in [7, 11) is -3.42. The molecule has 2 fully saturated rings. The zero-order valence-corrected chi connectivity index (χ0v) is 8.49. The van der Waals surface area contributed by atoms with Crippen LogP contribution in [0.4, 0.5) is 8.78 Å². The first kappa shape index (κ1) is 10.3. The van der Waals surface area contributed by atoms with Gasteiger partial charge in [0.25, 0.3) is 5.92 Å². The van der Waals surface area contributed by atoms with Gasteiger partial charge >= 0.3 is 0 Å². The minimum absolute atomic E-state index is 0.0669. The summed E-state index contributed by atoms with van der Waals surface area (Å²) in [5, 5.41) is -0.858. The minimum Gasteiger partial charge on any atom is -0.329 e. The van der Waals surface area contributed by atoms with Crippen LogP contribution in [-0.4, -0.2) is 30.9 Å². The fourth-order valence-corrected chi connectivity index (χ4v) is 4.46. The Labute approximate surface area is 81.6 Å². The lowest BCUT2D eigenvalue weighted by atomic mass is 9.94. The highest BCUT2D eigenvalue weighted by molar-refractivity contribution is 7.93. The van der Waals surface area contributed by atoms with E-state index in [1.807, 2.05) is 0 Å². The zero-order chi connectivity index (χ0) is 10.6. The van der Waals surface area contributed by atoms with E-state index in [2.05, 4.69) is 0 Å². The standard InChI is InChI=1S/C8H13F2NO2S/c9-8(10)3-6(4-8)14(12,13)7(5-11)1-2-7/h6H,1-5,11H2. The number of alkyl halides is 2. The van der Waals surface area contributed by atoms with Crippen molar-refractivity contribution in [2.24, 2.45) is 5.73 Å². The molecular formula is C8H13F2NO2S. The molecule has 0 aliphatic heterocycles. The highest BCUT2D eigenvalue weighted by Crippen LogP contribution is 2.51. The van der Waals surface area contributed by atoms with Crippen LogP contribution in [0.15, 0.2) is 0 Å². The summed E-state index contributed by atoms with van der Waals surface area (Å²) in [6.07, 6.45) is 0.0377. The number of hydrogen-bond acceptors (Lipinski definition) is 3. The SMILES string of the molecule is NCC1(S(=O)(=O)C2CC(F)(F)C2)CC1. The molecule has 0 bridgehead atoms. The van der Waals surface area contributed by atoms with Gasteiger partial charge in [0.2, 0.25) is 0 Å². The molecule has 0 amide bonds. The van der Waals surface area contributed by atoms with Crippen molar-refractivity contribution in [3.05, 3.63) is 0 Å². The molecule has 2 aliphatic rings. The zero-order valence-electron chi connectivity index (χ0n) is 7.67. The number of halogens is 2. The van der Waals surface area contributed by atoms with Crippen molar-refractivity contribution < 1.29 is 17.2 Å². The molecule has 0 saturated heterocycles. The van der Waals surface area contributed by atoms with Crippen LogP contribution >= 0.6 is 0 Å². The third-order valence-corrected chi connectivity index (χ3v) is 6.27. The highest BCUT2D eigenvalue weighted by atomic mass is 32.2. The van der Waals surface area contributed by atoms with Crippen LogP contribution in [0.5, 0.6) is 0 Å². The van der Waals surface area contributed by atoms with Crippen LogP contribution in [-0.2, 0) is 9.84 Å². The Hall–Kier alpha value is -0.230. The predicted molar refractivity (Wildman–Crippen MR) is 47.9 cm³/mol. The maximum absolute atomic E-state index is 12.5. The van der Waals surface area contributed by atoms with Crippen LogP contribution in [0.25, 0.3) is 0 Å². The summed E-state index contributed by atoms with van der Waals surface area (Å²) in [5.41, 5.74) is 5.37. The average molecular weight is 225 g/mol. The van der Waals surface area contributed by atoms with Gasteiger partial charge in [-0.1, -0.05) is 0 Å². The molecule has 2 rings (SSSR count). The Kier molecular flexibility index (Phi) is 1.96. The van der Waals surface area contributed by atoms with Gasteiger partial charge in [-0.2, -0.15) is 0 Å². The summed E-state index contributed by atoms with van der Waals surface area (Å²) in [5.74, 6) is -2.78. The molecule has 0 heterocycles. The van der Waals surface area contributed by atoms with Crippen molar-refractivity contribution in [1.29, 1.82) is 0 Å². The Balaban J connectivity index is 2.12. The fourth-order valence-electron chi connectivity index (χ4n) is 1.92. The highest BCUT2D eigenvalue weighted by Gasteiger charge is 2.62. The van der Waals surface area contributed by atoms with Gasteiger partial charge in [-0.15, -0.1) is 0 Å². The van der Waals surface area contributed by atoms with Crippen molar-refractivity contribution in [3.8, 4) is 0 Å². The van der Waals surface area contributed by atoms with Crippen molar-refractivity contribution in [2.75, 3.05) is 6.54 Å². The maximum Gasteiger partial charge on any atom is 0.250 e. The molecule has 82 valence electrons. The third kappa shape index (κ3) is 1.27. The topological polar surface area (TPSA) is 60.2 Å². The molecule has 0 radical (unpaired) electrons. The van der Waals surface area contributed by atoms with Crippen molar-refractivity contribution in [3.63, 3.8) is 0 Å². The van der Waals surface area contributed by atoms with Gasteiger partial charge in [0.15, 0.2) is 9.84 Å². The second-order valence-electron chi connectivity index (χ2n) is 4.32. The van der Waals surface area contributed by atoms with Crippen LogP contribution < -0.4 is 5.73 Å². The van der Waals surface area contributed by atoms with E-state index >= 15 is 0 Å². The van der Waals surface area contributed by atoms with Crippen LogP contribution in [0.3, 0.4) is 0 Å². The van der Waals surface area contributed by atoms with E-state index in [1.54, 1.807) is 0 Å². The molecule has 0 aromatic carbocycles. The molecule has 0 aromatic heterocycles. The van der Waals surface area contributed by atoms with Gasteiger partial charge in [0, 0.05) is 19.4 Å². The largest absolute Gasteiger partial charge is 0.329 e. The summed E-state index contributed by atoms with van der Waals surface area (Å²) in [4.78, 5) is 0. The Morgan fingerprint density at radius 1 is 1.29 bits per heavy atom. The number of nitrogens with two attached hydrogens (primary N) is 1. The van der Waals surface area contributed by atoms with Crippen LogP contribution in [0.2, 0.25) is 0 Å². The van der Waals surface area contributed by atoms with E-state index in [9.17, 15) is 17.2 Å². The third-order valence-electron chi connectivity index (χ3n) is 3.27. The second-order valence-corrected chi connectivity index (χ2v) is 6.94. The van der Waals surface area contributed by atoms with E-state index < -0.39 is 38.6 Å². The number of hydrogen-bond donors (Lipinski definition) is 1. The molecule has 6 heteroatoms. The summed E-state index contributed by atoms with van der Waals surface area (Å²) in [6, 6.07) is 0. The molecular weight excluding hydrogens is 212 g/mol. The first-order valence-corrected chi connectivity index (χ1v) is 6.19. The van der Waals surface area contributed by atoms with Crippen LogP contribution in [0.1, 0.15) is 25.7 Å². The van der Waals surface area contributed by atoms with Gasteiger partial charge in [0.1, 0.15) is 0 Å². The first-order valence-electron chi connectivity index (χ1n) is 4.64. The number of rotatable bonds is 3. The second kappa shape index (κ2) is 2.66. The maximum atomic E-state index is 12.5. The van der Waals surface area contributed by atoms with Crippen LogP contribution in [0, 0.1) is 0 Å². The quantitative estimate of drug-likeness (QED) is 0.768. The number of sulfone groups is 1. The van der Waals surface area contributed by atoms with Gasteiger partial charge < -0.3 is 5.73 Å². The Bertz CT molecular complexity index is 340. The van der Waals surface area contributed by atoms with E-state index in [0.717, 1.165) is 0 Å². The van der Waals surface area contributed by atoms with Crippen molar-refractivity contribution in [2.45, 2.75) is 41.6 Å². The van der Waals surface area contributed by atoms with Gasteiger partial charge in [-0.05, 0) is 12.8 Å². The molecule has 0 aromatic rings. The van der Waals surface area contributed by atoms with E-state index in [1.165, 1.54) is 0 Å². The molecule has 2 aliphatic carbocycles. The molecule has 2 N–H and O–H groups in total. The average Bonchev–Trinajstić information content (AvgIpc) is 2.80. The van der Waals surface area contributed by atoms with E-state index in [0.29, 0.717) is 12.8 Å².